The Morgan fingerprint density at radius 3 is 2.71 bits per heavy atom. The van der Waals surface area contributed by atoms with Gasteiger partial charge in [-0.05, 0) is 18.7 Å². The first-order valence-electron chi connectivity index (χ1n) is 4.53. The SMILES string of the molecule is Cc1coc(Sc2nc(NN)c(F)cc2F)n1. The zero-order chi connectivity index (χ0) is 12.4. The van der Waals surface area contributed by atoms with Crippen molar-refractivity contribution in [2.24, 2.45) is 5.84 Å². The molecule has 0 radical (unpaired) electrons. The summed E-state index contributed by atoms with van der Waals surface area (Å²) in [6.07, 6.45) is 1.42. The third-order valence-corrected chi connectivity index (χ3v) is 2.66. The smallest absolute Gasteiger partial charge is 0.262 e. The van der Waals surface area contributed by atoms with Crippen molar-refractivity contribution in [2.75, 3.05) is 5.43 Å². The molecule has 0 aliphatic heterocycles. The lowest BCUT2D eigenvalue weighted by Crippen LogP contribution is -2.11. The topological polar surface area (TPSA) is 77.0 Å². The van der Waals surface area contributed by atoms with Gasteiger partial charge >= 0.3 is 0 Å². The Hall–Kier alpha value is -1.67. The standard InChI is InChI=1S/C9H8F2N4OS/c1-4-3-16-9(13-4)17-8-6(11)2-5(10)7(14-8)15-12/h2-3H,12H2,1H3,(H,14,15). The quantitative estimate of drug-likeness (QED) is 0.648. The van der Waals surface area contributed by atoms with Gasteiger partial charge < -0.3 is 9.84 Å². The maximum atomic E-state index is 13.4. The Morgan fingerprint density at radius 2 is 2.12 bits per heavy atom. The van der Waals surface area contributed by atoms with E-state index in [2.05, 4.69) is 9.97 Å². The molecule has 0 fully saturated rings. The van der Waals surface area contributed by atoms with Crippen molar-refractivity contribution in [2.45, 2.75) is 17.2 Å². The molecule has 3 N–H and O–H groups in total. The van der Waals surface area contributed by atoms with Crippen molar-refractivity contribution in [1.29, 1.82) is 0 Å². The van der Waals surface area contributed by atoms with Crippen LogP contribution < -0.4 is 11.3 Å². The lowest BCUT2D eigenvalue weighted by Gasteiger charge is -2.04. The Balaban J connectivity index is 2.32. The molecule has 0 bridgehead atoms. The number of nitrogens with zero attached hydrogens (tertiary/aromatic N) is 2. The molecule has 0 amide bonds. The second-order valence-electron chi connectivity index (χ2n) is 3.11. The van der Waals surface area contributed by atoms with Crippen LogP contribution in [0.15, 0.2) is 27.0 Å². The predicted molar refractivity (Wildman–Crippen MR) is 57.3 cm³/mol. The third-order valence-electron chi connectivity index (χ3n) is 1.82. The Bertz CT molecular complexity index is 546. The number of pyridine rings is 1. The van der Waals surface area contributed by atoms with Crippen LogP contribution in [-0.2, 0) is 0 Å². The summed E-state index contributed by atoms with van der Waals surface area (Å²) in [6, 6.07) is 0.695. The van der Waals surface area contributed by atoms with E-state index in [0.717, 1.165) is 11.8 Å². The molecule has 0 aliphatic carbocycles. The zero-order valence-corrected chi connectivity index (χ0v) is 9.52. The van der Waals surface area contributed by atoms with Crippen molar-refractivity contribution < 1.29 is 13.2 Å². The summed E-state index contributed by atoms with van der Waals surface area (Å²) in [5.74, 6) is 3.14. The molecule has 2 heterocycles. The van der Waals surface area contributed by atoms with E-state index >= 15 is 0 Å². The van der Waals surface area contributed by atoms with Gasteiger partial charge in [-0.3, -0.25) is 0 Å². The fourth-order valence-electron chi connectivity index (χ4n) is 1.08. The highest BCUT2D eigenvalue weighted by molar-refractivity contribution is 7.99. The maximum absolute atomic E-state index is 13.4. The van der Waals surface area contributed by atoms with Gasteiger partial charge in [0.2, 0.25) is 0 Å². The number of hydrogen-bond acceptors (Lipinski definition) is 6. The highest BCUT2D eigenvalue weighted by Gasteiger charge is 2.14. The van der Waals surface area contributed by atoms with E-state index in [0.29, 0.717) is 11.8 Å². The third kappa shape index (κ3) is 2.53. The molecule has 0 aromatic carbocycles. The molecule has 0 unspecified atom stereocenters. The summed E-state index contributed by atoms with van der Waals surface area (Å²) in [4.78, 5) is 7.64. The first kappa shape index (κ1) is 11.8. The van der Waals surface area contributed by atoms with Crippen LogP contribution in [0.5, 0.6) is 0 Å². The minimum Gasteiger partial charge on any atom is -0.439 e. The summed E-state index contributed by atoms with van der Waals surface area (Å²) in [6.45, 7) is 1.73. The van der Waals surface area contributed by atoms with Crippen LogP contribution in [0.1, 0.15) is 5.69 Å². The first-order valence-corrected chi connectivity index (χ1v) is 5.34. The van der Waals surface area contributed by atoms with Crippen molar-refractivity contribution in [1.82, 2.24) is 9.97 Å². The number of hydrazine groups is 1. The number of aryl methyl sites for hydroxylation is 1. The predicted octanol–water partition coefficient (Wildman–Crippen LogP) is 2.09. The van der Waals surface area contributed by atoms with Crippen LogP contribution in [0.4, 0.5) is 14.6 Å². The number of anilines is 1. The van der Waals surface area contributed by atoms with Crippen LogP contribution in [0.25, 0.3) is 0 Å². The Morgan fingerprint density at radius 1 is 1.35 bits per heavy atom. The molecule has 2 rings (SSSR count). The van der Waals surface area contributed by atoms with E-state index in [4.69, 9.17) is 10.3 Å². The van der Waals surface area contributed by atoms with E-state index < -0.39 is 11.6 Å². The normalized spacial score (nSPS) is 10.6. The van der Waals surface area contributed by atoms with E-state index in [9.17, 15) is 8.78 Å². The zero-order valence-electron chi connectivity index (χ0n) is 8.70. The molecule has 0 aliphatic rings. The molecule has 0 spiro atoms. The van der Waals surface area contributed by atoms with E-state index in [1.165, 1.54) is 6.26 Å². The molecule has 90 valence electrons. The lowest BCUT2D eigenvalue weighted by molar-refractivity contribution is 0.452. The van der Waals surface area contributed by atoms with Gasteiger partial charge in [0.05, 0.1) is 5.69 Å². The number of oxazole rings is 1. The van der Waals surface area contributed by atoms with E-state index in [1.807, 2.05) is 5.43 Å². The summed E-state index contributed by atoms with van der Waals surface area (Å²) in [5, 5.41) is 0.157. The van der Waals surface area contributed by atoms with Gasteiger partial charge in [0, 0.05) is 6.07 Å². The molecule has 2 aromatic rings. The number of rotatable bonds is 3. The molecular weight excluding hydrogens is 250 g/mol. The van der Waals surface area contributed by atoms with Crippen LogP contribution in [0.2, 0.25) is 0 Å². The number of aromatic nitrogens is 2. The summed E-state index contributed by atoms with van der Waals surface area (Å²) in [7, 11) is 0. The van der Waals surface area contributed by atoms with Gasteiger partial charge in [-0.1, -0.05) is 0 Å². The number of nitrogen functional groups attached to an aromatic ring is 1. The highest BCUT2D eigenvalue weighted by atomic mass is 32.2. The number of halogens is 2. The fourth-order valence-corrected chi connectivity index (χ4v) is 1.83. The van der Waals surface area contributed by atoms with Crippen molar-refractivity contribution in [3.63, 3.8) is 0 Å². The van der Waals surface area contributed by atoms with Crippen LogP contribution in [0.3, 0.4) is 0 Å². The van der Waals surface area contributed by atoms with Gasteiger partial charge in [0.25, 0.3) is 5.22 Å². The van der Waals surface area contributed by atoms with Crippen LogP contribution >= 0.6 is 11.8 Å². The minimum absolute atomic E-state index is 0.0683. The molecule has 2 aromatic heterocycles. The second-order valence-corrected chi connectivity index (χ2v) is 4.05. The molecular formula is C9H8F2N4OS. The van der Waals surface area contributed by atoms with Crippen molar-refractivity contribution in [3.8, 4) is 0 Å². The average molecular weight is 258 g/mol. The van der Waals surface area contributed by atoms with Gasteiger partial charge in [-0.2, -0.15) is 0 Å². The monoisotopic (exact) mass is 258 g/mol. The Kier molecular flexibility index (Phi) is 3.25. The Labute approximate surface area is 99.4 Å². The summed E-state index contributed by atoms with van der Waals surface area (Å²) >= 11 is 0.847. The molecule has 5 nitrogen and oxygen atoms in total. The molecule has 17 heavy (non-hydrogen) atoms. The molecule has 0 saturated heterocycles. The molecule has 0 atom stereocenters. The number of nitrogens with two attached hydrogens (primary N) is 1. The summed E-state index contributed by atoms with van der Waals surface area (Å²) in [5.41, 5.74) is 2.70. The first-order chi connectivity index (χ1) is 8.10. The number of nitrogens with one attached hydrogen (secondary N) is 1. The maximum Gasteiger partial charge on any atom is 0.262 e. The second kappa shape index (κ2) is 4.68. The number of hydrogen-bond donors (Lipinski definition) is 2. The van der Waals surface area contributed by atoms with Crippen molar-refractivity contribution >= 4 is 17.6 Å². The van der Waals surface area contributed by atoms with Crippen LogP contribution in [0, 0.1) is 18.6 Å². The summed E-state index contributed by atoms with van der Waals surface area (Å²) < 4.78 is 31.5. The van der Waals surface area contributed by atoms with Gasteiger partial charge in [0.15, 0.2) is 17.5 Å². The van der Waals surface area contributed by atoms with E-state index in [1.54, 1.807) is 6.92 Å². The molecule has 8 heteroatoms. The van der Waals surface area contributed by atoms with Gasteiger partial charge in [-0.15, -0.1) is 0 Å². The minimum atomic E-state index is -0.863. The largest absolute Gasteiger partial charge is 0.439 e. The van der Waals surface area contributed by atoms with Crippen molar-refractivity contribution in [3.05, 3.63) is 29.7 Å². The highest BCUT2D eigenvalue weighted by Crippen LogP contribution is 2.29. The van der Waals surface area contributed by atoms with Gasteiger partial charge in [0.1, 0.15) is 11.3 Å². The fraction of sp³-hybridized carbons (Fsp3) is 0.111. The van der Waals surface area contributed by atoms with Gasteiger partial charge in [-0.25, -0.2) is 24.6 Å². The van der Waals surface area contributed by atoms with E-state index in [-0.39, 0.29) is 16.1 Å². The lowest BCUT2D eigenvalue weighted by atomic mass is 10.4. The van der Waals surface area contributed by atoms with Crippen LogP contribution in [-0.4, -0.2) is 9.97 Å². The average Bonchev–Trinajstić information content (AvgIpc) is 2.68. The molecule has 0 saturated carbocycles.